The fourth-order valence-corrected chi connectivity index (χ4v) is 4.92. The number of hydrogen-bond acceptors (Lipinski definition) is 5. The second-order valence-corrected chi connectivity index (χ2v) is 9.92. The molecular formula is C28H30N4O4. The van der Waals surface area contributed by atoms with Crippen LogP contribution >= 0.6 is 0 Å². The van der Waals surface area contributed by atoms with Crippen LogP contribution < -0.4 is 4.90 Å². The Morgan fingerprint density at radius 1 is 1.11 bits per heavy atom. The first kappa shape index (κ1) is 23.8. The highest BCUT2D eigenvalue weighted by molar-refractivity contribution is 6.01. The summed E-state index contributed by atoms with van der Waals surface area (Å²) in [7, 11) is 0. The minimum absolute atomic E-state index is 0.00802. The summed E-state index contributed by atoms with van der Waals surface area (Å²) < 4.78 is 7.42. The number of aromatic carboxylic acids is 1. The Morgan fingerprint density at radius 3 is 2.47 bits per heavy atom. The van der Waals surface area contributed by atoms with Crippen molar-refractivity contribution in [1.29, 1.82) is 0 Å². The van der Waals surface area contributed by atoms with Gasteiger partial charge in [-0.25, -0.2) is 9.48 Å². The van der Waals surface area contributed by atoms with Crippen molar-refractivity contribution in [2.24, 2.45) is 11.8 Å². The van der Waals surface area contributed by atoms with Gasteiger partial charge < -0.3 is 9.52 Å². The second-order valence-electron chi connectivity index (χ2n) is 9.92. The number of amides is 1. The molecule has 0 aliphatic heterocycles. The van der Waals surface area contributed by atoms with Gasteiger partial charge >= 0.3 is 5.97 Å². The molecule has 3 aromatic heterocycles. The first-order chi connectivity index (χ1) is 17.3. The summed E-state index contributed by atoms with van der Waals surface area (Å²) in [6.07, 6.45) is 6.87. The van der Waals surface area contributed by atoms with Gasteiger partial charge in [0, 0.05) is 36.0 Å². The maximum atomic E-state index is 13.5. The number of benzene rings is 1. The average molecular weight is 487 g/mol. The van der Waals surface area contributed by atoms with E-state index >= 15 is 0 Å². The standard InChI is InChI=1S/C28H30N4O4/c1-17(2)32(27(33)20-8-6-18(3)7-9-20)26-22(28(34)35)16-31(30-26)21-12-10-19(11-13-21)25-15-23-24(36-25)5-4-14-29-23/h4-5,10-18,20H,6-9H2,1-3H3,(H,34,35). The summed E-state index contributed by atoms with van der Waals surface area (Å²) in [5.74, 6) is 0.244. The molecule has 4 aromatic rings. The number of carbonyl (C=O) groups excluding carboxylic acids is 1. The lowest BCUT2D eigenvalue weighted by Gasteiger charge is -2.32. The molecule has 1 aliphatic rings. The van der Waals surface area contributed by atoms with Crippen molar-refractivity contribution in [2.75, 3.05) is 4.90 Å². The molecule has 1 aromatic carbocycles. The van der Waals surface area contributed by atoms with Crippen molar-refractivity contribution < 1.29 is 19.1 Å². The normalized spacial score (nSPS) is 18.0. The first-order valence-corrected chi connectivity index (χ1v) is 12.4. The van der Waals surface area contributed by atoms with Crippen LogP contribution in [0.5, 0.6) is 0 Å². The van der Waals surface area contributed by atoms with Gasteiger partial charge in [0.05, 0.1) is 5.69 Å². The third-order valence-corrected chi connectivity index (χ3v) is 6.98. The maximum absolute atomic E-state index is 13.5. The van der Waals surface area contributed by atoms with Crippen LogP contribution in [0.4, 0.5) is 5.82 Å². The van der Waals surface area contributed by atoms with Crippen molar-refractivity contribution in [1.82, 2.24) is 14.8 Å². The van der Waals surface area contributed by atoms with Crippen LogP contribution in [0.3, 0.4) is 0 Å². The molecular weight excluding hydrogens is 456 g/mol. The van der Waals surface area contributed by atoms with E-state index in [4.69, 9.17) is 4.42 Å². The summed E-state index contributed by atoms with van der Waals surface area (Å²) in [4.78, 5) is 31.5. The maximum Gasteiger partial charge on any atom is 0.341 e. The van der Waals surface area contributed by atoms with Crippen LogP contribution in [0.15, 0.2) is 59.3 Å². The average Bonchev–Trinajstić information content (AvgIpc) is 3.49. The quantitative estimate of drug-likeness (QED) is 0.362. The zero-order valence-corrected chi connectivity index (χ0v) is 20.7. The minimum atomic E-state index is -1.11. The van der Waals surface area contributed by atoms with Gasteiger partial charge in [-0.05, 0) is 81.8 Å². The minimum Gasteiger partial charge on any atom is -0.477 e. The monoisotopic (exact) mass is 486 g/mol. The third-order valence-electron chi connectivity index (χ3n) is 6.98. The fourth-order valence-electron chi connectivity index (χ4n) is 4.92. The molecule has 0 bridgehead atoms. The molecule has 0 unspecified atom stereocenters. The number of anilines is 1. The molecule has 3 heterocycles. The molecule has 8 nitrogen and oxygen atoms in total. The molecule has 1 saturated carbocycles. The predicted molar refractivity (Wildman–Crippen MR) is 137 cm³/mol. The number of furan rings is 1. The Kier molecular flexibility index (Phi) is 6.35. The lowest BCUT2D eigenvalue weighted by atomic mass is 9.82. The van der Waals surface area contributed by atoms with Crippen molar-refractivity contribution in [3.05, 3.63) is 60.4 Å². The largest absolute Gasteiger partial charge is 0.477 e. The van der Waals surface area contributed by atoms with Crippen molar-refractivity contribution >= 4 is 28.8 Å². The van der Waals surface area contributed by atoms with E-state index in [1.165, 1.54) is 10.9 Å². The van der Waals surface area contributed by atoms with Crippen molar-refractivity contribution in [3.63, 3.8) is 0 Å². The van der Waals surface area contributed by atoms with Gasteiger partial charge in [-0.3, -0.25) is 14.7 Å². The van der Waals surface area contributed by atoms with Crippen LogP contribution in [0.2, 0.25) is 0 Å². The number of aromatic nitrogens is 3. The highest BCUT2D eigenvalue weighted by atomic mass is 16.4. The number of carboxylic acids is 1. The Morgan fingerprint density at radius 2 is 1.83 bits per heavy atom. The SMILES string of the molecule is CC1CCC(C(=O)N(c2nn(-c3ccc(-c4cc5ncccc5o4)cc3)cc2C(=O)O)C(C)C)CC1. The van der Waals surface area contributed by atoms with Gasteiger partial charge in [0.2, 0.25) is 5.91 Å². The summed E-state index contributed by atoms with van der Waals surface area (Å²) in [5.41, 5.74) is 3.06. The topological polar surface area (TPSA) is 101 Å². The number of fused-ring (bicyclic) bond motifs is 1. The Balaban J connectivity index is 1.46. The molecule has 8 heteroatoms. The molecule has 0 atom stereocenters. The Labute approximate surface area is 209 Å². The lowest BCUT2D eigenvalue weighted by molar-refractivity contribution is -0.124. The molecule has 1 N–H and O–H groups in total. The molecule has 5 rings (SSSR count). The number of rotatable bonds is 6. The zero-order valence-electron chi connectivity index (χ0n) is 20.7. The summed E-state index contributed by atoms with van der Waals surface area (Å²) >= 11 is 0. The van der Waals surface area contributed by atoms with Crippen molar-refractivity contribution in [2.45, 2.75) is 52.5 Å². The van der Waals surface area contributed by atoms with E-state index in [-0.39, 0.29) is 29.2 Å². The molecule has 186 valence electrons. The predicted octanol–water partition coefficient (Wildman–Crippen LogP) is 5.95. The van der Waals surface area contributed by atoms with Crippen LogP contribution in [0, 0.1) is 11.8 Å². The number of hydrogen-bond donors (Lipinski definition) is 1. The van der Waals surface area contributed by atoms with E-state index < -0.39 is 5.97 Å². The van der Waals surface area contributed by atoms with Gasteiger partial charge in [-0.2, -0.15) is 0 Å². The third kappa shape index (κ3) is 4.51. The van der Waals surface area contributed by atoms with Crippen LogP contribution in [0.1, 0.15) is 56.8 Å². The summed E-state index contributed by atoms with van der Waals surface area (Å²) in [5, 5.41) is 14.5. The van der Waals surface area contributed by atoms with Crippen LogP contribution in [0.25, 0.3) is 28.1 Å². The molecule has 0 saturated heterocycles. The lowest BCUT2D eigenvalue weighted by Crippen LogP contribution is -2.43. The van der Waals surface area contributed by atoms with E-state index in [1.807, 2.05) is 56.3 Å². The molecule has 1 fully saturated rings. The number of nitrogens with zero attached hydrogens (tertiary/aromatic N) is 4. The van der Waals surface area contributed by atoms with Gasteiger partial charge in [-0.1, -0.05) is 6.92 Å². The van der Waals surface area contributed by atoms with E-state index in [2.05, 4.69) is 17.0 Å². The number of carbonyl (C=O) groups is 2. The first-order valence-electron chi connectivity index (χ1n) is 12.4. The molecule has 0 radical (unpaired) electrons. The summed E-state index contributed by atoms with van der Waals surface area (Å²) in [6.45, 7) is 6.00. The van der Waals surface area contributed by atoms with E-state index in [0.29, 0.717) is 22.9 Å². The molecule has 36 heavy (non-hydrogen) atoms. The van der Waals surface area contributed by atoms with Crippen molar-refractivity contribution in [3.8, 4) is 17.0 Å². The van der Waals surface area contributed by atoms with E-state index in [0.717, 1.165) is 36.8 Å². The fraction of sp³-hybridized carbons (Fsp3) is 0.357. The molecule has 0 spiro atoms. The highest BCUT2D eigenvalue weighted by Gasteiger charge is 2.34. The Bertz CT molecular complexity index is 1360. The second kappa shape index (κ2) is 9.60. The van der Waals surface area contributed by atoms with Gasteiger partial charge in [-0.15, -0.1) is 5.10 Å². The van der Waals surface area contributed by atoms with Gasteiger partial charge in [0.1, 0.15) is 16.8 Å². The van der Waals surface area contributed by atoms with E-state index in [9.17, 15) is 14.7 Å². The van der Waals surface area contributed by atoms with Crippen LogP contribution in [-0.4, -0.2) is 37.8 Å². The van der Waals surface area contributed by atoms with E-state index in [1.54, 1.807) is 11.1 Å². The number of pyridine rings is 1. The molecule has 1 amide bonds. The Hall–Kier alpha value is -3.94. The van der Waals surface area contributed by atoms with Gasteiger partial charge in [0.25, 0.3) is 0 Å². The zero-order chi connectivity index (χ0) is 25.4. The van der Waals surface area contributed by atoms with Gasteiger partial charge in [0.15, 0.2) is 11.4 Å². The smallest absolute Gasteiger partial charge is 0.341 e. The highest BCUT2D eigenvalue weighted by Crippen LogP contribution is 2.33. The van der Waals surface area contributed by atoms with Crippen LogP contribution in [-0.2, 0) is 4.79 Å². The summed E-state index contributed by atoms with van der Waals surface area (Å²) in [6, 6.07) is 12.8. The molecule has 1 aliphatic carbocycles. The number of carboxylic acid groups (broad SMARTS) is 1.